The van der Waals surface area contributed by atoms with Crippen LogP contribution < -0.4 is 19.5 Å². The number of halogens is 2. The van der Waals surface area contributed by atoms with Crippen molar-refractivity contribution in [3.05, 3.63) is 50.3 Å². The van der Waals surface area contributed by atoms with Crippen LogP contribution in [0.15, 0.2) is 39.7 Å². The molecular formula is C23H18BrClN2O6S. The van der Waals surface area contributed by atoms with E-state index in [9.17, 15) is 14.4 Å². The summed E-state index contributed by atoms with van der Waals surface area (Å²) in [5, 5.41) is 2.36. The average molecular weight is 566 g/mol. The maximum Gasteiger partial charge on any atom is 0.294 e. The molecule has 0 bridgehead atoms. The maximum atomic E-state index is 12.8. The molecule has 3 amide bonds. The summed E-state index contributed by atoms with van der Waals surface area (Å²) in [5.41, 5.74) is 0.988. The minimum absolute atomic E-state index is 0.0536. The Morgan fingerprint density at radius 2 is 1.97 bits per heavy atom. The summed E-state index contributed by atoms with van der Waals surface area (Å²) in [6, 6.07) is 8.04. The maximum absolute atomic E-state index is 12.8. The number of carbonyl (C=O) groups excluding carboxylic acids is 3. The molecule has 11 heteroatoms. The first-order valence-corrected chi connectivity index (χ1v) is 11.6. The van der Waals surface area contributed by atoms with Crippen LogP contribution in [0.1, 0.15) is 5.56 Å². The molecule has 2 aromatic rings. The van der Waals surface area contributed by atoms with E-state index in [4.69, 9.17) is 32.2 Å². The first-order chi connectivity index (χ1) is 16.3. The normalized spacial score (nSPS) is 14.2. The minimum Gasteiger partial charge on any atom is -0.495 e. The van der Waals surface area contributed by atoms with Gasteiger partial charge in [-0.05, 0) is 69.7 Å². The Hall–Kier alpha value is -3.13. The van der Waals surface area contributed by atoms with Crippen molar-refractivity contribution in [2.75, 3.05) is 32.7 Å². The first-order valence-electron chi connectivity index (χ1n) is 9.60. The van der Waals surface area contributed by atoms with Gasteiger partial charge in [0.1, 0.15) is 18.9 Å². The number of thioether (sulfide) groups is 1. The number of imide groups is 1. The molecule has 1 fully saturated rings. The summed E-state index contributed by atoms with van der Waals surface area (Å²) in [4.78, 5) is 38.7. The molecule has 8 nitrogen and oxygen atoms in total. The number of nitrogens with one attached hydrogen (secondary N) is 1. The first kappa shape index (κ1) is 25.5. The molecule has 0 atom stereocenters. The van der Waals surface area contributed by atoms with Gasteiger partial charge in [0, 0.05) is 5.69 Å². The highest BCUT2D eigenvalue weighted by Crippen LogP contribution is 2.39. The third-order valence-corrected chi connectivity index (χ3v) is 6.25. The monoisotopic (exact) mass is 564 g/mol. The molecule has 0 unspecified atom stereocenters. The van der Waals surface area contributed by atoms with E-state index in [1.54, 1.807) is 24.3 Å². The van der Waals surface area contributed by atoms with Crippen molar-refractivity contribution in [2.24, 2.45) is 0 Å². The van der Waals surface area contributed by atoms with Gasteiger partial charge < -0.3 is 19.5 Å². The molecule has 1 aliphatic rings. The fraction of sp³-hybridized carbons (Fsp3) is 0.174. The number of amides is 3. The molecule has 0 aliphatic carbocycles. The van der Waals surface area contributed by atoms with Crippen molar-refractivity contribution in [3.8, 4) is 29.6 Å². The lowest BCUT2D eigenvalue weighted by molar-refractivity contribution is -0.127. The zero-order valence-electron chi connectivity index (χ0n) is 18.0. The number of rotatable bonds is 8. The number of hydrogen-bond acceptors (Lipinski definition) is 7. The molecule has 34 heavy (non-hydrogen) atoms. The molecule has 1 heterocycles. The van der Waals surface area contributed by atoms with E-state index in [0.29, 0.717) is 38.0 Å². The molecular weight excluding hydrogens is 548 g/mol. The predicted octanol–water partition coefficient (Wildman–Crippen LogP) is 4.81. The van der Waals surface area contributed by atoms with Crippen molar-refractivity contribution >= 4 is 68.1 Å². The quantitative estimate of drug-likeness (QED) is 0.363. The van der Waals surface area contributed by atoms with Crippen molar-refractivity contribution in [2.45, 2.75) is 0 Å². The Labute approximate surface area is 213 Å². The molecule has 0 spiro atoms. The molecule has 0 saturated carbocycles. The minimum atomic E-state index is -0.583. The average Bonchev–Trinajstić information content (AvgIpc) is 3.05. The zero-order chi connectivity index (χ0) is 24.8. The van der Waals surface area contributed by atoms with Gasteiger partial charge in [0.25, 0.3) is 11.1 Å². The number of ether oxygens (including phenoxy) is 3. The van der Waals surface area contributed by atoms with E-state index in [2.05, 4.69) is 27.2 Å². The van der Waals surface area contributed by atoms with E-state index in [-0.39, 0.29) is 11.5 Å². The zero-order valence-corrected chi connectivity index (χ0v) is 21.2. The van der Waals surface area contributed by atoms with Gasteiger partial charge in [-0.25, -0.2) is 0 Å². The van der Waals surface area contributed by atoms with Crippen molar-refractivity contribution in [1.82, 2.24) is 4.90 Å². The van der Waals surface area contributed by atoms with E-state index in [0.717, 1.165) is 16.7 Å². The fourth-order valence-corrected chi connectivity index (χ4v) is 4.62. The van der Waals surface area contributed by atoms with Gasteiger partial charge in [0.2, 0.25) is 5.91 Å². The second kappa shape index (κ2) is 11.3. The summed E-state index contributed by atoms with van der Waals surface area (Å²) in [6.45, 7) is -0.393. The standard InChI is InChI=1S/C23H18BrClN2O6S/c1-4-7-33-21-15(24)8-13(9-18(21)32-3)10-19-22(29)27(23(30)34-19)12-20(28)26-14-5-6-17(31-2)16(25)11-14/h1,5-6,8-11H,7,12H2,2-3H3,(H,26,28)/b19-10-. The van der Waals surface area contributed by atoms with Crippen LogP contribution in [0.2, 0.25) is 5.02 Å². The van der Waals surface area contributed by atoms with Gasteiger partial charge in [-0.2, -0.15) is 0 Å². The van der Waals surface area contributed by atoms with Gasteiger partial charge in [0.05, 0.1) is 28.6 Å². The van der Waals surface area contributed by atoms with Crippen LogP contribution in [0, 0.1) is 12.3 Å². The number of nitrogens with zero attached hydrogens (tertiary/aromatic N) is 1. The van der Waals surface area contributed by atoms with Crippen molar-refractivity contribution < 1.29 is 28.6 Å². The summed E-state index contributed by atoms with van der Waals surface area (Å²) >= 11 is 10.2. The number of benzene rings is 2. The van der Waals surface area contributed by atoms with Crippen LogP contribution in [0.3, 0.4) is 0 Å². The Kier molecular flexibility index (Phi) is 8.50. The van der Waals surface area contributed by atoms with E-state index >= 15 is 0 Å². The highest BCUT2D eigenvalue weighted by Gasteiger charge is 2.36. The molecule has 1 N–H and O–H groups in total. The molecule has 0 aromatic heterocycles. The summed E-state index contributed by atoms with van der Waals surface area (Å²) in [5.74, 6) is 2.51. The highest BCUT2D eigenvalue weighted by atomic mass is 79.9. The lowest BCUT2D eigenvalue weighted by atomic mass is 10.2. The van der Waals surface area contributed by atoms with Crippen LogP contribution >= 0.6 is 39.3 Å². The second-order valence-electron chi connectivity index (χ2n) is 6.69. The van der Waals surface area contributed by atoms with Crippen LogP contribution in [0.25, 0.3) is 6.08 Å². The number of anilines is 1. The number of methoxy groups -OCH3 is 2. The summed E-state index contributed by atoms with van der Waals surface area (Å²) < 4.78 is 16.4. The molecule has 3 rings (SSSR count). The van der Waals surface area contributed by atoms with Crippen molar-refractivity contribution in [1.29, 1.82) is 0 Å². The van der Waals surface area contributed by atoms with E-state index in [1.165, 1.54) is 26.4 Å². The lowest BCUT2D eigenvalue weighted by Crippen LogP contribution is -2.36. The largest absolute Gasteiger partial charge is 0.495 e. The number of hydrogen-bond donors (Lipinski definition) is 1. The lowest BCUT2D eigenvalue weighted by Gasteiger charge is -2.13. The third kappa shape index (κ3) is 5.86. The van der Waals surface area contributed by atoms with Gasteiger partial charge in [-0.15, -0.1) is 6.42 Å². The van der Waals surface area contributed by atoms with Gasteiger partial charge >= 0.3 is 0 Å². The molecule has 176 valence electrons. The summed E-state index contributed by atoms with van der Waals surface area (Å²) in [6.07, 6.45) is 6.77. The molecule has 0 radical (unpaired) electrons. The van der Waals surface area contributed by atoms with Crippen LogP contribution in [-0.2, 0) is 9.59 Å². The van der Waals surface area contributed by atoms with Gasteiger partial charge in [-0.1, -0.05) is 17.5 Å². The fourth-order valence-electron chi connectivity index (χ4n) is 2.95. The SMILES string of the molecule is C#CCOc1c(Br)cc(/C=C2\SC(=O)N(CC(=O)Nc3ccc(OC)c(Cl)c3)C2=O)cc1OC. The van der Waals surface area contributed by atoms with Crippen LogP contribution in [0.5, 0.6) is 17.2 Å². The van der Waals surface area contributed by atoms with Gasteiger partial charge in [0.15, 0.2) is 11.5 Å². The Bertz CT molecular complexity index is 1230. The van der Waals surface area contributed by atoms with Crippen molar-refractivity contribution in [3.63, 3.8) is 0 Å². The van der Waals surface area contributed by atoms with E-state index < -0.39 is 23.6 Å². The summed E-state index contributed by atoms with van der Waals surface area (Å²) in [7, 11) is 2.94. The second-order valence-corrected chi connectivity index (χ2v) is 8.95. The van der Waals surface area contributed by atoms with Gasteiger partial charge in [-0.3, -0.25) is 19.3 Å². The van der Waals surface area contributed by atoms with Crippen LogP contribution in [-0.4, -0.2) is 49.3 Å². The predicted molar refractivity (Wildman–Crippen MR) is 134 cm³/mol. The number of carbonyl (C=O) groups is 3. The highest BCUT2D eigenvalue weighted by molar-refractivity contribution is 9.10. The molecule has 1 aliphatic heterocycles. The Morgan fingerprint density at radius 1 is 1.24 bits per heavy atom. The molecule has 1 saturated heterocycles. The molecule has 2 aromatic carbocycles. The number of terminal acetylenes is 1. The van der Waals surface area contributed by atoms with Crippen LogP contribution in [0.4, 0.5) is 10.5 Å². The Morgan fingerprint density at radius 3 is 2.62 bits per heavy atom. The van der Waals surface area contributed by atoms with E-state index in [1.807, 2.05) is 0 Å². The smallest absolute Gasteiger partial charge is 0.294 e. The Balaban J connectivity index is 1.74. The topological polar surface area (TPSA) is 94.2 Å². The third-order valence-electron chi connectivity index (χ3n) is 4.46.